The molecule has 0 aromatic heterocycles. The van der Waals surface area contributed by atoms with E-state index in [1.807, 2.05) is 6.07 Å². The maximum atomic E-state index is 12.8. The van der Waals surface area contributed by atoms with Gasteiger partial charge in [0.25, 0.3) is 0 Å². The molecule has 1 unspecified atom stereocenters. The van der Waals surface area contributed by atoms with Gasteiger partial charge in [-0.05, 0) is 49.8 Å². The number of rotatable bonds is 3. The van der Waals surface area contributed by atoms with Crippen LogP contribution in [-0.2, 0) is 10.0 Å². The van der Waals surface area contributed by atoms with Crippen molar-refractivity contribution < 1.29 is 8.42 Å². The molecule has 0 radical (unpaired) electrons. The summed E-state index contributed by atoms with van der Waals surface area (Å²) in [5, 5.41) is 8.98. The summed E-state index contributed by atoms with van der Waals surface area (Å²) in [5.41, 5.74) is 1.09. The summed E-state index contributed by atoms with van der Waals surface area (Å²) < 4.78 is 27.3. The Balaban J connectivity index is 2.32. The molecule has 1 fully saturated rings. The molecule has 1 heterocycles. The molecule has 1 aliphatic rings. The lowest BCUT2D eigenvalue weighted by molar-refractivity contribution is 0.407. The van der Waals surface area contributed by atoms with E-state index in [4.69, 9.17) is 5.26 Å². The van der Waals surface area contributed by atoms with Gasteiger partial charge in [0.2, 0.25) is 10.0 Å². The molecule has 5 heteroatoms. The largest absolute Gasteiger partial charge is 0.243 e. The Morgan fingerprint density at radius 1 is 1.33 bits per heavy atom. The second kappa shape index (κ2) is 6.59. The van der Waals surface area contributed by atoms with Crippen LogP contribution in [0, 0.1) is 24.2 Å². The van der Waals surface area contributed by atoms with Gasteiger partial charge in [0.15, 0.2) is 0 Å². The second-order valence-electron chi connectivity index (χ2n) is 5.70. The maximum absolute atomic E-state index is 12.8. The fourth-order valence-corrected chi connectivity index (χ4v) is 4.62. The van der Waals surface area contributed by atoms with Gasteiger partial charge in [0.1, 0.15) is 0 Å². The summed E-state index contributed by atoms with van der Waals surface area (Å²) in [7, 11) is -3.50. The highest BCUT2D eigenvalue weighted by molar-refractivity contribution is 7.89. The third kappa shape index (κ3) is 3.45. The minimum Gasteiger partial charge on any atom is -0.207 e. The summed E-state index contributed by atoms with van der Waals surface area (Å²) in [6, 6.07) is 6.87. The van der Waals surface area contributed by atoms with E-state index in [-0.39, 0.29) is 4.90 Å². The molecule has 1 aliphatic heterocycles. The van der Waals surface area contributed by atoms with E-state index in [1.165, 1.54) is 6.07 Å². The first-order chi connectivity index (χ1) is 9.98. The fourth-order valence-electron chi connectivity index (χ4n) is 2.87. The Labute approximate surface area is 127 Å². The SMILES string of the molecule is CCC1CCCN(S(=O)(=O)c2cc(C#N)ccc2C)CC1. The van der Waals surface area contributed by atoms with Gasteiger partial charge in [0, 0.05) is 13.1 Å². The number of nitriles is 1. The van der Waals surface area contributed by atoms with Crippen molar-refractivity contribution in [3.05, 3.63) is 29.3 Å². The predicted molar refractivity (Wildman–Crippen MR) is 82.3 cm³/mol. The van der Waals surface area contributed by atoms with Crippen LogP contribution < -0.4 is 0 Å². The van der Waals surface area contributed by atoms with Crippen molar-refractivity contribution in [1.29, 1.82) is 5.26 Å². The molecule has 0 N–H and O–H groups in total. The third-order valence-electron chi connectivity index (χ3n) is 4.32. The van der Waals surface area contributed by atoms with Crippen LogP contribution >= 0.6 is 0 Å². The Bertz CT molecular complexity index is 647. The molecule has 4 nitrogen and oxygen atoms in total. The van der Waals surface area contributed by atoms with Gasteiger partial charge in [-0.25, -0.2) is 8.42 Å². The lowest BCUT2D eigenvalue weighted by Gasteiger charge is -2.21. The number of benzene rings is 1. The van der Waals surface area contributed by atoms with Gasteiger partial charge < -0.3 is 0 Å². The van der Waals surface area contributed by atoms with Crippen molar-refractivity contribution >= 4 is 10.0 Å². The Hall–Kier alpha value is -1.38. The third-order valence-corrected chi connectivity index (χ3v) is 6.36. The van der Waals surface area contributed by atoms with Crippen LogP contribution in [0.5, 0.6) is 0 Å². The summed E-state index contributed by atoms with van der Waals surface area (Å²) in [5.74, 6) is 0.622. The van der Waals surface area contributed by atoms with Crippen LogP contribution in [0.3, 0.4) is 0 Å². The number of sulfonamides is 1. The van der Waals surface area contributed by atoms with Crippen LogP contribution in [0.2, 0.25) is 0 Å². The zero-order valence-corrected chi connectivity index (χ0v) is 13.5. The van der Waals surface area contributed by atoms with Gasteiger partial charge in [0.05, 0.1) is 16.5 Å². The number of hydrogen-bond donors (Lipinski definition) is 0. The monoisotopic (exact) mass is 306 g/mol. The van der Waals surface area contributed by atoms with E-state index >= 15 is 0 Å². The van der Waals surface area contributed by atoms with Crippen LogP contribution in [0.15, 0.2) is 23.1 Å². The first-order valence-corrected chi connectivity index (χ1v) is 8.94. The van der Waals surface area contributed by atoms with Crippen molar-refractivity contribution in [3.63, 3.8) is 0 Å². The first-order valence-electron chi connectivity index (χ1n) is 7.50. The quantitative estimate of drug-likeness (QED) is 0.862. The fraction of sp³-hybridized carbons (Fsp3) is 0.562. The lowest BCUT2D eigenvalue weighted by Crippen LogP contribution is -2.32. The van der Waals surface area contributed by atoms with E-state index < -0.39 is 10.0 Å². The zero-order valence-electron chi connectivity index (χ0n) is 12.7. The van der Waals surface area contributed by atoms with Gasteiger partial charge in [-0.15, -0.1) is 0 Å². The van der Waals surface area contributed by atoms with Crippen molar-refractivity contribution in [2.45, 2.75) is 44.4 Å². The van der Waals surface area contributed by atoms with Gasteiger partial charge >= 0.3 is 0 Å². The van der Waals surface area contributed by atoms with E-state index in [0.717, 1.165) is 25.7 Å². The number of hydrogen-bond acceptors (Lipinski definition) is 3. The van der Waals surface area contributed by atoms with Crippen molar-refractivity contribution in [2.24, 2.45) is 5.92 Å². The molecule has 0 saturated carbocycles. The highest BCUT2D eigenvalue weighted by Crippen LogP contribution is 2.26. The molecule has 2 rings (SSSR count). The minimum atomic E-state index is -3.50. The molecule has 0 bridgehead atoms. The maximum Gasteiger partial charge on any atom is 0.243 e. The normalized spacial score (nSPS) is 20.7. The number of aryl methyl sites for hydroxylation is 1. The average molecular weight is 306 g/mol. The van der Waals surface area contributed by atoms with Gasteiger partial charge in [-0.2, -0.15) is 9.57 Å². The molecule has 1 atom stereocenters. The topological polar surface area (TPSA) is 61.2 Å². The first kappa shape index (κ1) is 16.0. The van der Waals surface area contributed by atoms with Crippen molar-refractivity contribution in [2.75, 3.05) is 13.1 Å². The van der Waals surface area contributed by atoms with E-state index in [9.17, 15) is 8.42 Å². The Morgan fingerprint density at radius 2 is 2.10 bits per heavy atom. The van der Waals surface area contributed by atoms with Crippen LogP contribution in [0.1, 0.15) is 43.7 Å². The molecular weight excluding hydrogens is 284 g/mol. The lowest BCUT2D eigenvalue weighted by atomic mass is 9.98. The molecule has 0 amide bonds. The van der Waals surface area contributed by atoms with Gasteiger partial charge in [-0.3, -0.25) is 0 Å². The average Bonchev–Trinajstić information content (AvgIpc) is 2.73. The Kier molecular flexibility index (Phi) is 5.02. The summed E-state index contributed by atoms with van der Waals surface area (Å²) in [4.78, 5) is 0.275. The van der Waals surface area contributed by atoms with Crippen molar-refractivity contribution in [1.82, 2.24) is 4.31 Å². The molecule has 0 spiro atoms. The standard InChI is InChI=1S/C16H22N2O2S/c1-3-14-5-4-9-18(10-8-14)21(19,20)16-11-15(12-17)7-6-13(16)2/h6-7,11,14H,3-5,8-10H2,1-2H3. The second-order valence-corrected chi connectivity index (χ2v) is 7.61. The van der Waals surface area contributed by atoms with E-state index in [2.05, 4.69) is 6.92 Å². The van der Waals surface area contributed by atoms with Crippen molar-refractivity contribution in [3.8, 4) is 6.07 Å². The van der Waals surface area contributed by atoms with Gasteiger partial charge in [-0.1, -0.05) is 19.4 Å². The summed E-state index contributed by atoms with van der Waals surface area (Å²) in [6.45, 7) is 5.10. The highest BCUT2D eigenvalue weighted by Gasteiger charge is 2.28. The predicted octanol–water partition coefficient (Wildman–Crippen LogP) is 3.07. The van der Waals surface area contributed by atoms with E-state index in [1.54, 1.807) is 23.4 Å². The molecule has 1 aromatic carbocycles. The molecule has 0 aliphatic carbocycles. The molecule has 1 aromatic rings. The summed E-state index contributed by atoms with van der Waals surface area (Å²) >= 11 is 0. The Morgan fingerprint density at radius 3 is 2.76 bits per heavy atom. The highest BCUT2D eigenvalue weighted by atomic mass is 32.2. The molecule has 21 heavy (non-hydrogen) atoms. The molecular formula is C16H22N2O2S. The number of nitrogens with zero attached hydrogens (tertiary/aromatic N) is 2. The van der Waals surface area contributed by atoms with Crippen LogP contribution in [-0.4, -0.2) is 25.8 Å². The molecule has 1 saturated heterocycles. The van der Waals surface area contributed by atoms with Crippen LogP contribution in [0.25, 0.3) is 0 Å². The zero-order chi connectivity index (χ0) is 15.5. The smallest absolute Gasteiger partial charge is 0.207 e. The molecule has 114 valence electrons. The van der Waals surface area contributed by atoms with E-state index in [0.29, 0.717) is 30.1 Å². The minimum absolute atomic E-state index is 0.275. The van der Waals surface area contributed by atoms with Crippen LogP contribution in [0.4, 0.5) is 0 Å². The summed E-state index contributed by atoms with van der Waals surface area (Å²) in [6.07, 6.45) is 4.04.